The maximum absolute atomic E-state index is 11.1. The number of hydrogen-bond donors (Lipinski definition) is 0. The molecule has 16 heavy (non-hydrogen) atoms. The summed E-state index contributed by atoms with van der Waals surface area (Å²) in [6.07, 6.45) is 7.72. The van der Waals surface area contributed by atoms with Crippen molar-refractivity contribution in [1.29, 1.82) is 0 Å². The number of rotatable bonds is 6. The van der Waals surface area contributed by atoms with Gasteiger partial charge < -0.3 is 9.47 Å². The van der Waals surface area contributed by atoms with Gasteiger partial charge in [-0.15, -0.1) is 0 Å². The van der Waals surface area contributed by atoms with Crippen LogP contribution >= 0.6 is 0 Å². The third-order valence-corrected chi connectivity index (χ3v) is 2.88. The predicted octanol–water partition coefficient (Wildman–Crippen LogP) is 2.84. The normalized spacial score (nSPS) is 25.1. The van der Waals surface area contributed by atoms with Gasteiger partial charge in [-0.1, -0.05) is 19.9 Å². The van der Waals surface area contributed by atoms with Crippen LogP contribution in [-0.4, -0.2) is 24.8 Å². The monoisotopic (exact) mass is 226 g/mol. The van der Waals surface area contributed by atoms with Gasteiger partial charge in [0, 0.05) is 19.1 Å². The lowest BCUT2D eigenvalue weighted by Gasteiger charge is -2.28. The van der Waals surface area contributed by atoms with Crippen LogP contribution in [0.4, 0.5) is 0 Å². The first-order valence-corrected chi connectivity index (χ1v) is 6.21. The molecule has 1 fully saturated rings. The van der Waals surface area contributed by atoms with E-state index in [2.05, 4.69) is 13.5 Å². The van der Waals surface area contributed by atoms with Crippen molar-refractivity contribution in [2.75, 3.05) is 6.61 Å². The van der Waals surface area contributed by atoms with Crippen molar-refractivity contribution in [3.8, 4) is 0 Å². The molecule has 0 heterocycles. The number of carbonyl (C=O) groups excluding carboxylic acids is 1. The van der Waals surface area contributed by atoms with Gasteiger partial charge in [0.15, 0.2) is 0 Å². The maximum Gasteiger partial charge on any atom is 0.330 e. The quantitative estimate of drug-likeness (QED) is 0.397. The molecular formula is C13H22O3. The number of hydrogen-bond acceptors (Lipinski definition) is 3. The molecule has 0 aliphatic heterocycles. The van der Waals surface area contributed by atoms with Crippen molar-refractivity contribution in [3.63, 3.8) is 0 Å². The van der Waals surface area contributed by atoms with Crippen LogP contribution in [0, 0.1) is 0 Å². The Kier molecular flexibility index (Phi) is 6.16. The first-order valence-electron chi connectivity index (χ1n) is 6.21. The first kappa shape index (κ1) is 13.2. The van der Waals surface area contributed by atoms with E-state index >= 15 is 0 Å². The van der Waals surface area contributed by atoms with E-state index < -0.39 is 0 Å². The molecule has 0 N–H and O–H groups in total. The molecule has 0 saturated heterocycles. The van der Waals surface area contributed by atoms with Gasteiger partial charge in [-0.25, -0.2) is 4.79 Å². The lowest BCUT2D eigenvalue weighted by molar-refractivity contribution is -0.147. The molecule has 0 spiro atoms. The van der Waals surface area contributed by atoms with Gasteiger partial charge in [0.25, 0.3) is 0 Å². The van der Waals surface area contributed by atoms with Crippen LogP contribution in [0.3, 0.4) is 0 Å². The van der Waals surface area contributed by atoms with Crippen molar-refractivity contribution in [1.82, 2.24) is 0 Å². The molecule has 1 aliphatic rings. The fraction of sp³-hybridized carbons (Fsp3) is 0.769. The summed E-state index contributed by atoms with van der Waals surface area (Å²) in [5.74, 6) is -0.320. The zero-order valence-corrected chi connectivity index (χ0v) is 10.1. The Morgan fingerprint density at radius 2 is 2.19 bits per heavy atom. The van der Waals surface area contributed by atoms with Crippen LogP contribution in [0.1, 0.15) is 45.4 Å². The molecule has 0 aromatic rings. The Balaban J connectivity index is 2.24. The van der Waals surface area contributed by atoms with Crippen molar-refractivity contribution in [3.05, 3.63) is 12.7 Å². The van der Waals surface area contributed by atoms with Gasteiger partial charge in [-0.3, -0.25) is 0 Å². The topological polar surface area (TPSA) is 35.5 Å². The molecule has 0 radical (unpaired) electrons. The smallest absolute Gasteiger partial charge is 0.330 e. The summed E-state index contributed by atoms with van der Waals surface area (Å²) in [5, 5.41) is 0. The summed E-state index contributed by atoms with van der Waals surface area (Å²) in [7, 11) is 0. The summed E-state index contributed by atoms with van der Waals surface area (Å²) in [6, 6.07) is 0. The zero-order valence-electron chi connectivity index (χ0n) is 10.1. The van der Waals surface area contributed by atoms with Crippen molar-refractivity contribution in [2.24, 2.45) is 0 Å². The fourth-order valence-corrected chi connectivity index (χ4v) is 1.97. The Bertz CT molecular complexity index is 225. The molecule has 2 atom stereocenters. The number of ether oxygens (including phenoxy) is 2. The van der Waals surface area contributed by atoms with Crippen molar-refractivity contribution >= 4 is 5.97 Å². The highest BCUT2D eigenvalue weighted by molar-refractivity contribution is 5.81. The van der Waals surface area contributed by atoms with E-state index in [0.29, 0.717) is 0 Å². The average Bonchev–Trinajstić information content (AvgIpc) is 2.30. The fourth-order valence-electron chi connectivity index (χ4n) is 1.97. The summed E-state index contributed by atoms with van der Waals surface area (Å²) >= 11 is 0. The van der Waals surface area contributed by atoms with Crippen LogP contribution in [0.25, 0.3) is 0 Å². The molecule has 0 bridgehead atoms. The van der Waals surface area contributed by atoms with Gasteiger partial charge in [0.05, 0.1) is 6.10 Å². The van der Waals surface area contributed by atoms with E-state index in [1.165, 1.54) is 6.08 Å². The summed E-state index contributed by atoms with van der Waals surface area (Å²) in [6.45, 7) is 6.37. The van der Waals surface area contributed by atoms with Gasteiger partial charge in [-0.05, 0) is 25.7 Å². The summed E-state index contributed by atoms with van der Waals surface area (Å²) in [4.78, 5) is 11.1. The van der Waals surface area contributed by atoms with E-state index in [0.717, 1.165) is 45.1 Å². The second-order valence-corrected chi connectivity index (χ2v) is 4.28. The minimum absolute atomic E-state index is 0.0193. The van der Waals surface area contributed by atoms with Gasteiger partial charge >= 0.3 is 5.97 Å². The molecule has 1 saturated carbocycles. The second kappa shape index (κ2) is 7.44. The Morgan fingerprint density at radius 3 is 2.88 bits per heavy atom. The van der Waals surface area contributed by atoms with Crippen molar-refractivity contribution in [2.45, 2.75) is 57.7 Å². The van der Waals surface area contributed by atoms with Gasteiger partial charge in [0.2, 0.25) is 0 Å². The first-order chi connectivity index (χ1) is 7.76. The lowest BCUT2D eigenvalue weighted by atomic mass is 9.95. The highest BCUT2D eigenvalue weighted by Gasteiger charge is 2.24. The highest BCUT2D eigenvalue weighted by atomic mass is 16.5. The predicted molar refractivity (Wildman–Crippen MR) is 63.2 cm³/mol. The van der Waals surface area contributed by atoms with Gasteiger partial charge in [0.1, 0.15) is 6.10 Å². The third kappa shape index (κ3) is 4.79. The van der Waals surface area contributed by atoms with E-state index in [1.54, 1.807) is 0 Å². The van der Waals surface area contributed by atoms with E-state index in [9.17, 15) is 4.79 Å². The molecule has 1 aliphatic carbocycles. The largest absolute Gasteiger partial charge is 0.459 e. The van der Waals surface area contributed by atoms with Gasteiger partial charge in [-0.2, -0.15) is 0 Å². The number of unbranched alkanes of at least 4 members (excludes halogenated alkanes) is 1. The highest BCUT2D eigenvalue weighted by Crippen LogP contribution is 2.23. The van der Waals surface area contributed by atoms with E-state index in [1.807, 2.05) is 0 Å². The molecule has 0 aromatic heterocycles. The summed E-state index contributed by atoms with van der Waals surface area (Å²) in [5.41, 5.74) is 0. The third-order valence-electron chi connectivity index (χ3n) is 2.88. The second-order valence-electron chi connectivity index (χ2n) is 4.28. The minimum Gasteiger partial charge on any atom is -0.459 e. The average molecular weight is 226 g/mol. The molecule has 0 aromatic carbocycles. The molecule has 92 valence electrons. The zero-order chi connectivity index (χ0) is 11.8. The molecule has 3 heteroatoms. The maximum atomic E-state index is 11.1. The van der Waals surface area contributed by atoms with Crippen LogP contribution in [0.5, 0.6) is 0 Å². The molecule has 0 amide bonds. The molecule has 3 nitrogen and oxygen atoms in total. The van der Waals surface area contributed by atoms with Crippen molar-refractivity contribution < 1.29 is 14.3 Å². The molecule has 1 rings (SSSR count). The molecular weight excluding hydrogens is 204 g/mol. The Morgan fingerprint density at radius 1 is 1.44 bits per heavy atom. The van der Waals surface area contributed by atoms with Crippen LogP contribution in [0.2, 0.25) is 0 Å². The van der Waals surface area contributed by atoms with Crippen LogP contribution in [-0.2, 0) is 14.3 Å². The Labute approximate surface area is 97.8 Å². The number of carbonyl (C=O) groups is 1. The summed E-state index contributed by atoms with van der Waals surface area (Å²) < 4.78 is 11.0. The van der Waals surface area contributed by atoms with Crippen LogP contribution in [0.15, 0.2) is 12.7 Å². The number of esters is 1. The SMILES string of the molecule is C=CC(=O)OC1CCCC(OCCCC)C1. The lowest BCUT2D eigenvalue weighted by Crippen LogP contribution is -2.29. The van der Waals surface area contributed by atoms with Crippen LogP contribution < -0.4 is 0 Å². The van der Waals surface area contributed by atoms with E-state index in [4.69, 9.17) is 9.47 Å². The minimum atomic E-state index is -0.320. The standard InChI is InChI=1S/C13H22O3/c1-3-5-9-15-11-7-6-8-12(10-11)16-13(14)4-2/h4,11-12H,2-3,5-10H2,1H3. The Hall–Kier alpha value is -0.830. The van der Waals surface area contributed by atoms with E-state index in [-0.39, 0.29) is 18.2 Å². The molecule has 2 unspecified atom stereocenters.